The summed E-state index contributed by atoms with van der Waals surface area (Å²) in [7, 11) is 1.65. The van der Waals surface area contributed by atoms with Gasteiger partial charge in [-0.2, -0.15) is 5.10 Å². The van der Waals surface area contributed by atoms with Crippen LogP contribution in [-0.2, 0) is 0 Å². The summed E-state index contributed by atoms with van der Waals surface area (Å²) in [5.41, 5.74) is 3.76. The van der Waals surface area contributed by atoms with Gasteiger partial charge in [-0.05, 0) is 42.0 Å². The number of methoxy groups -OCH3 is 1. The first kappa shape index (κ1) is 19.6. The summed E-state index contributed by atoms with van der Waals surface area (Å²) in [6.45, 7) is 0. The zero-order valence-electron chi connectivity index (χ0n) is 16.0. The molecule has 0 saturated carbocycles. The molecule has 0 aliphatic carbocycles. The Morgan fingerprint density at radius 3 is 2.50 bits per heavy atom. The van der Waals surface area contributed by atoms with Crippen molar-refractivity contribution in [3.8, 4) is 11.5 Å². The number of para-hydroxylation sites is 1. The SMILES string of the molecule is COc1ccccc1[C@H]1Oc2c(Cl)cc(Cl)cc2[C@@H]2CC(c3ccc(Cl)cc3)=NN12. The molecule has 0 unspecified atom stereocenters. The summed E-state index contributed by atoms with van der Waals surface area (Å²) >= 11 is 18.9. The van der Waals surface area contributed by atoms with Crippen LogP contribution in [-0.4, -0.2) is 17.8 Å². The maximum atomic E-state index is 6.52. The average molecular weight is 460 g/mol. The van der Waals surface area contributed by atoms with Crippen molar-refractivity contribution < 1.29 is 9.47 Å². The van der Waals surface area contributed by atoms with Crippen molar-refractivity contribution in [2.24, 2.45) is 5.10 Å². The minimum atomic E-state index is -0.484. The fourth-order valence-corrected chi connectivity index (χ4v) is 4.69. The first-order chi connectivity index (χ1) is 14.5. The molecule has 3 aromatic rings. The van der Waals surface area contributed by atoms with Crippen LogP contribution in [0.3, 0.4) is 0 Å². The first-order valence-corrected chi connectivity index (χ1v) is 10.6. The van der Waals surface area contributed by atoms with Gasteiger partial charge in [0.25, 0.3) is 0 Å². The standard InChI is InChI=1S/C23H17Cl3N2O2/c1-29-21-5-3-2-4-16(21)23-28-20(17-10-15(25)11-18(26)22(17)30-23)12-19(27-28)13-6-8-14(24)9-7-13/h2-11,20,23H,12H2,1H3/t20-,23+/m0/s1. The van der Waals surface area contributed by atoms with Crippen LogP contribution in [0.4, 0.5) is 0 Å². The molecule has 0 bridgehead atoms. The Hall–Kier alpha value is -2.40. The maximum Gasteiger partial charge on any atom is 0.217 e. The summed E-state index contributed by atoms with van der Waals surface area (Å²) in [5.74, 6) is 1.36. The van der Waals surface area contributed by atoms with Crippen molar-refractivity contribution in [1.82, 2.24) is 5.01 Å². The van der Waals surface area contributed by atoms with Gasteiger partial charge in [0.05, 0.1) is 29.4 Å². The molecule has 2 atom stereocenters. The molecule has 7 heteroatoms. The molecule has 2 heterocycles. The van der Waals surface area contributed by atoms with E-state index in [0.29, 0.717) is 27.2 Å². The minimum absolute atomic E-state index is 0.0643. The van der Waals surface area contributed by atoms with Crippen molar-refractivity contribution in [1.29, 1.82) is 0 Å². The molecule has 2 aliphatic rings. The normalized spacial score (nSPS) is 19.6. The van der Waals surface area contributed by atoms with E-state index in [-0.39, 0.29) is 6.04 Å². The Bertz CT molecular complexity index is 1150. The summed E-state index contributed by atoms with van der Waals surface area (Å²) in [6.07, 6.45) is 0.211. The van der Waals surface area contributed by atoms with Crippen LogP contribution in [0.1, 0.15) is 35.4 Å². The molecular formula is C23H17Cl3N2O2. The average Bonchev–Trinajstić information content (AvgIpc) is 3.19. The number of benzene rings is 3. The van der Waals surface area contributed by atoms with Gasteiger partial charge in [0, 0.05) is 22.0 Å². The Balaban J connectivity index is 1.65. The van der Waals surface area contributed by atoms with Crippen LogP contribution < -0.4 is 9.47 Å². The predicted octanol–water partition coefficient (Wildman–Crippen LogP) is 6.90. The highest BCUT2D eigenvalue weighted by molar-refractivity contribution is 6.35. The number of ether oxygens (including phenoxy) is 2. The van der Waals surface area contributed by atoms with Crippen molar-refractivity contribution in [3.05, 3.63) is 92.4 Å². The van der Waals surface area contributed by atoms with E-state index in [1.807, 2.05) is 59.6 Å². The zero-order valence-corrected chi connectivity index (χ0v) is 18.2. The van der Waals surface area contributed by atoms with Gasteiger partial charge in [0.15, 0.2) is 0 Å². The third kappa shape index (κ3) is 3.29. The van der Waals surface area contributed by atoms with E-state index in [1.165, 1.54) is 0 Å². The van der Waals surface area contributed by atoms with Gasteiger partial charge in [-0.1, -0.05) is 59.1 Å². The molecule has 152 valence electrons. The van der Waals surface area contributed by atoms with Crippen LogP contribution in [0.25, 0.3) is 0 Å². The van der Waals surface area contributed by atoms with E-state index in [1.54, 1.807) is 13.2 Å². The predicted molar refractivity (Wildman–Crippen MR) is 120 cm³/mol. The zero-order chi connectivity index (χ0) is 20.8. The summed E-state index contributed by atoms with van der Waals surface area (Å²) < 4.78 is 12.0. The molecule has 0 amide bonds. The summed E-state index contributed by atoms with van der Waals surface area (Å²) in [4.78, 5) is 0. The van der Waals surface area contributed by atoms with Crippen LogP contribution in [0.15, 0.2) is 65.8 Å². The lowest BCUT2D eigenvalue weighted by Crippen LogP contribution is -2.34. The number of hydrogen-bond acceptors (Lipinski definition) is 4. The molecule has 30 heavy (non-hydrogen) atoms. The van der Waals surface area contributed by atoms with Gasteiger partial charge < -0.3 is 9.47 Å². The topological polar surface area (TPSA) is 34.1 Å². The van der Waals surface area contributed by atoms with Crippen LogP contribution in [0.2, 0.25) is 15.1 Å². The van der Waals surface area contributed by atoms with Crippen molar-refractivity contribution in [3.63, 3.8) is 0 Å². The van der Waals surface area contributed by atoms with Gasteiger partial charge >= 0.3 is 0 Å². The van der Waals surface area contributed by atoms with Crippen molar-refractivity contribution >= 4 is 40.5 Å². The fourth-order valence-electron chi connectivity index (χ4n) is 4.01. The van der Waals surface area contributed by atoms with E-state index in [4.69, 9.17) is 49.4 Å². The van der Waals surface area contributed by atoms with Crippen LogP contribution in [0.5, 0.6) is 11.5 Å². The highest BCUT2D eigenvalue weighted by atomic mass is 35.5. The summed E-state index contributed by atoms with van der Waals surface area (Å²) in [5, 5.41) is 8.65. The number of nitrogens with zero attached hydrogens (tertiary/aromatic N) is 2. The largest absolute Gasteiger partial charge is 0.496 e. The van der Waals surface area contributed by atoms with E-state index in [0.717, 1.165) is 28.2 Å². The van der Waals surface area contributed by atoms with E-state index < -0.39 is 6.23 Å². The second kappa shape index (κ2) is 7.69. The Kier molecular flexibility index (Phi) is 5.02. The van der Waals surface area contributed by atoms with Crippen LogP contribution >= 0.6 is 34.8 Å². The Morgan fingerprint density at radius 1 is 0.967 bits per heavy atom. The van der Waals surface area contributed by atoms with Gasteiger partial charge in [-0.3, -0.25) is 0 Å². The second-order valence-corrected chi connectivity index (χ2v) is 8.45. The molecule has 0 spiro atoms. The monoisotopic (exact) mass is 458 g/mol. The third-order valence-electron chi connectivity index (χ3n) is 5.39. The summed E-state index contributed by atoms with van der Waals surface area (Å²) in [6, 6.07) is 19.0. The van der Waals surface area contributed by atoms with Gasteiger partial charge in [-0.25, -0.2) is 5.01 Å². The lowest BCUT2D eigenvalue weighted by Gasteiger charge is -2.39. The minimum Gasteiger partial charge on any atom is -0.496 e. The molecule has 0 saturated heterocycles. The number of hydrogen-bond donors (Lipinski definition) is 0. The molecule has 0 fully saturated rings. The molecule has 0 aromatic heterocycles. The molecule has 5 rings (SSSR count). The molecule has 0 N–H and O–H groups in total. The highest BCUT2D eigenvalue weighted by Crippen LogP contribution is 2.51. The smallest absolute Gasteiger partial charge is 0.217 e. The number of halogens is 3. The Labute approximate surface area is 189 Å². The molecule has 0 radical (unpaired) electrons. The maximum absolute atomic E-state index is 6.52. The molecule has 3 aromatic carbocycles. The quantitative estimate of drug-likeness (QED) is 0.427. The van der Waals surface area contributed by atoms with Crippen LogP contribution in [0, 0.1) is 0 Å². The van der Waals surface area contributed by atoms with Crippen molar-refractivity contribution in [2.45, 2.75) is 18.7 Å². The second-order valence-electron chi connectivity index (χ2n) is 7.17. The van der Waals surface area contributed by atoms with E-state index >= 15 is 0 Å². The number of hydrazone groups is 1. The molecule has 2 aliphatic heterocycles. The van der Waals surface area contributed by atoms with Gasteiger partial charge in [0.1, 0.15) is 11.5 Å². The lowest BCUT2D eigenvalue weighted by atomic mass is 9.95. The van der Waals surface area contributed by atoms with Crippen molar-refractivity contribution in [2.75, 3.05) is 7.11 Å². The number of rotatable bonds is 3. The van der Waals surface area contributed by atoms with Gasteiger partial charge in [0.2, 0.25) is 6.23 Å². The lowest BCUT2D eigenvalue weighted by molar-refractivity contribution is -0.0202. The first-order valence-electron chi connectivity index (χ1n) is 9.45. The molecular weight excluding hydrogens is 443 g/mol. The Morgan fingerprint density at radius 2 is 1.73 bits per heavy atom. The van der Waals surface area contributed by atoms with E-state index in [9.17, 15) is 0 Å². The fraction of sp³-hybridized carbons (Fsp3) is 0.174. The number of fused-ring (bicyclic) bond motifs is 3. The molecule has 4 nitrogen and oxygen atoms in total. The van der Waals surface area contributed by atoms with Gasteiger partial charge in [-0.15, -0.1) is 0 Å². The van der Waals surface area contributed by atoms with E-state index in [2.05, 4.69) is 0 Å². The third-order valence-corrected chi connectivity index (χ3v) is 6.14. The highest BCUT2D eigenvalue weighted by Gasteiger charge is 2.42.